The smallest absolute Gasteiger partial charge is 0.242 e. The number of nitrogens with zero attached hydrogens (tertiary/aromatic N) is 1. The van der Waals surface area contributed by atoms with Crippen LogP contribution in [0.3, 0.4) is 0 Å². The Hall–Kier alpha value is -0.530. The van der Waals surface area contributed by atoms with E-state index in [9.17, 15) is 0 Å². The summed E-state index contributed by atoms with van der Waals surface area (Å²) in [5.74, 6) is 1.24. The molecule has 0 aromatic heterocycles. The van der Waals surface area contributed by atoms with E-state index in [1.165, 1.54) is 5.84 Å². The molecular weight excluding hydrogens is 196 g/mol. The van der Waals surface area contributed by atoms with Crippen LogP contribution < -0.4 is 5.32 Å². The second-order valence-corrected chi connectivity index (χ2v) is 7.64. The van der Waals surface area contributed by atoms with E-state index in [4.69, 9.17) is 0 Å². The summed E-state index contributed by atoms with van der Waals surface area (Å²) in [4.78, 5) is 0. The fourth-order valence-corrected chi connectivity index (χ4v) is 2.61. The molecule has 0 fully saturated rings. The highest BCUT2D eigenvalue weighted by molar-refractivity contribution is 5.75. The van der Waals surface area contributed by atoms with Crippen molar-refractivity contribution in [1.82, 2.24) is 5.32 Å². The molecule has 0 radical (unpaired) electrons. The van der Waals surface area contributed by atoms with E-state index in [0.717, 1.165) is 0 Å². The SMILES string of the molecule is CC(NC(C)(C)C)=[N+](C(C)(C)C)C(C)(C)C. The second kappa shape index (κ2) is 4.38. The number of hydrogen-bond donors (Lipinski definition) is 1. The molecule has 2 nitrogen and oxygen atoms in total. The van der Waals surface area contributed by atoms with Gasteiger partial charge in [-0.2, -0.15) is 0 Å². The number of nitrogens with one attached hydrogen (secondary N) is 1. The van der Waals surface area contributed by atoms with E-state index >= 15 is 0 Å². The van der Waals surface area contributed by atoms with E-state index in [1.807, 2.05) is 0 Å². The molecule has 0 spiro atoms. The summed E-state index contributed by atoms with van der Waals surface area (Å²) in [5.41, 5.74) is 0.361. The van der Waals surface area contributed by atoms with E-state index in [0.29, 0.717) is 0 Å². The van der Waals surface area contributed by atoms with E-state index in [-0.39, 0.29) is 16.6 Å². The molecule has 0 aliphatic heterocycles. The predicted molar refractivity (Wildman–Crippen MR) is 73.3 cm³/mol. The van der Waals surface area contributed by atoms with Gasteiger partial charge >= 0.3 is 0 Å². The van der Waals surface area contributed by atoms with Crippen LogP contribution in [0, 0.1) is 0 Å². The van der Waals surface area contributed by atoms with Gasteiger partial charge in [0.2, 0.25) is 5.84 Å². The van der Waals surface area contributed by atoms with Crippen molar-refractivity contribution < 1.29 is 4.58 Å². The molecule has 0 atom stereocenters. The highest BCUT2D eigenvalue weighted by Crippen LogP contribution is 2.19. The van der Waals surface area contributed by atoms with Crippen molar-refractivity contribution in [2.45, 2.75) is 85.9 Å². The van der Waals surface area contributed by atoms with Gasteiger partial charge in [0.25, 0.3) is 0 Å². The van der Waals surface area contributed by atoms with Gasteiger partial charge in [-0.05, 0) is 62.3 Å². The van der Waals surface area contributed by atoms with E-state index < -0.39 is 0 Å². The minimum absolute atomic E-state index is 0.110. The van der Waals surface area contributed by atoms with Crippen molar-refractivity contribution in [3.63, 3.8) is 0 Å². The van der Waals surface area contributed by atoms with Crippen molar-refractivity contribution in [3.8, 4) is 0 Å². The molecule has 2 heteroatoms. The maximum atomic E-state index is 3.57. The Morgan fingerprint density at radius 1 is 0.750 bits per heavy atom. The maximum Gasteiger partial charge on any atom is 0.242 e. The van der Waals surface area contributed by atoms with Crippen molar-refractivity contribution in [1.29, 1.82) is 0 Å². The highest BCUT2D eigenvalue weighted by Gasteiger charge is 2.34. The zero-order chi connectivity index (χ0) is 13.4. The Labute approximate surface area is 102 Å². The number of amidine groups is 1. The van der Waals surface area contributed by atoms with Gasteiger partial charge in [-0.25, -0.2) is 0 Å². The van der Waals surface area contributed by atoms with Crippen LogP contribution in [-0.2, 0) is 0 Å². The van der Waals surface area contributed by atoms with Crippen LogP contribution in [-0.4, -0.2) is 27.0 Å². The summed E-state index contributed by atoms with van der Waals surface area (Å²) in [6, 6.07) is 0. The van der Waals surface area contributed by atoms with Gasteiger partial charge in [0.1, 0.15) is 0 Å². The molecule has 0 aliphatic carbocycles. The fourth-order valence-electron chi connectivity index (χ4n) is 2.61. The molecule has 0 saturated heterocycles. The van der Waals surface area contributed by atoms with E-state index in [2.05, 4.69) is 79.1 Å². The van der Waals surface area contributed by atoms with Crippen LogP contribution >= 0.6 is 0 Å². The molecule has 96 valence electrons. The number of rotatable bonds is 0. The predicted octanol–water partition coefficient (Wildman–Crippen LogP) is 3.40. The summed E-state index contributed by atoms with van der Waals surface area (Å²) in [6.45, 7) is 22.3. The molecule has 0 unspecified atom stereocenters. The van der Waals surface area contributed by atoms with Gasteiger partial charge in [0.15, 0.2) is 0 Å². The van der Waals surface area contributed by atoms with Gasteiger partial charge in [-0.15, -0.1) is 0 Å². The average molecular weight is 227 g/mol. The van der Waals surface area contributed by atoms with Crippen molar-refractivity contribution in [3.05, 3.63) is 0 Å². The van der Waals surface area contributed by atoms with Crippen molar-refractivity contribution >= 4 is 5.84 Å². The monoisotopic (exact) mass is 227 g/mol. The Morgan fingerprint density at radius 2 is 1.06 bits per heavy atom. The molecule has 0 rings (SSSR count). The largest absolute Gasteiger partial charge is 0.274 e. The summed E-state index contributed by atoms with van der Waals surface area (Å²) in [5, 5.41) is 3.57. The maximum absolute atomic E-state index is 3.57. The molecule has 0 aliphatic rings. The normalized spacial score (nSPS) is 13.6. The molecule has 0 heterocycles. The molecule has 16 heavy (non-hydrogen) atoms. The first-order valence-corrected chi connectivity index (χ1v) is 6.17. The lowest BCUT2D eigenvalue weighted by Crippen LogP contribution is -2.54. The Balaban J connectivity index is 5.42. The first-order chi connectivity index (χ1) is 6.75. The van der Waals surface area contributed by atoms with Gasteiger partial charge in [0, 0.05) is 6.92 Å². The quantitative estimate of drug-likeness (QED) is 0.381. The molecule has 0 amide bonds. The minimum atomic E-state index is 0.110. The molecule has 0 aromatic rings. The van der Waals surface area contributed by atoms with Gasteiger partial charge < -0.3 is 0 Å². The van der Waals surface area contributed by atoms with Crippen LogP contribution in [0.5, 0.6) is 0 Å². The van der Waals surface area contributed by atoms with Crippen LogP contribution in [0.2, 0.25) is 0 Å². The molecule has 1 N–H and O–H groups in total. The molecular formula is C14H31N2+. The number of hydrogen-bond acceptors (Lipinski definition) is 0. The molecule has 0 aromatic carbocycles. The lowest BCUT2D eigenvalue weighted by atomic mass is 9.98. The Morgan fingerprint density at radius 3 is 1.25 bits per heavy atom. The third-order valence-corrected chi connectivity index (χ3v) is 2.23. The summed E-state index contributed by atoms with van der Waals surface area (Å²) in [7, 11) is 0. The standard InChI is InChI=1S/C14H30N2/c1-11(15-12(2,3)4)16(13(5,6)7)14(8,9)10/h1-10H3/p+1. The van der Waals surface area contributed by atoms with Gasteiger partial charge in [-0.3, -0.25) is 9.89 Å². The zero-order valence-electron chi connectivity index (χ0n) is 12.9. The lowest BCUT2D eigenvalue weighted by molar-refractivity contribution is -0.658. The fraction of sp³-hybridized carbons (Fsp3) is 0.929. The van der Waals surface area contributed by atoms with Crippen LogP contribution in [0.15, 0.2) is 0 Å². The van der Waals surface area contributed by atoms with Crippen LogP contribution in [0.1, 0.15) is 69.2 Å². The molecule has 0 bridgehead atoms. The first-order valence-electron chi connectivity index (χ1n) is 6.17. The third kappa shape index (κ3) is 5.00. The third-order valence-electron chi connectivity index (χ3n) is 2.23. The van der Waals surface area contributed by atoms with Crippen molar-refractivity contribution in [2.24, 2.45) is 0 Å². The Bertz CT molecular complexity index is 251. The second-order valence-electron chi connectivity index (χ2n) is 7.64. The zero-order valence-corrected chi connectivity index (χ0v) is 12.9. The summed E-state index contributed by atoms with van der Waals surface area (Å²) in [6.07, 6.45) is 0. The van der Waals surface area contributed by atoms with Crippen LogP contribution in [0.4, 0.5) is 0 Å². The molecule has 0 saturated carbocycles. The average Bonchev–Trinajstić information content (AvgIpc) is 1.70. The lowest BCUT2D eigenvalue weighted by Gasteiger charge is -2.35. The van der Waals surface area contributed by atoms with Gasteiger partial charge in [-0.1, -0.05) is 0 Å². The summed E-state index contributed by atoms with van der Waals surface area (Å²) < 4.78 is 2.45. The minimum Gasteiger partial charge on any atom is -0.274 e. The van der Waals surface area contributed by atoms with E-state index in [1.54, 1.807) is 0 Å². The first kappa shape index (κ1) is 15.5. The Kier molecular flexibility index (Phi) is 4.24. The van der Waals surface area contributed by atoms with Gasteiger partial charge in [0.05, 0.1) is 16.6 Å². The highest BCUT2D eigenvalue weighted by atomic mass is 15.2. The summed E-state index contributed by atoms with van der Waals surface area (Å²) >= 11 is 0. The van der Waals surface area contributed by atoms with Crippen LogP contribution in [0.25, 0.3) is 0 Å². The van der Waals surface area contributed by atoms with Crippen molar-refractivity contribution in [2.75, 3.05) is 0 Å². The topological polar surface area (TPSA) is 15.0 Å².